The number of carbonyl (C=O) groups excluding carboxylic acids is 1. The van der Waals surface area contributed by atoms with Crippen LogP contribution in [0, 0.1) is 0 Å². The van der Waals surface area contributed by atoms with Crippen molar-refractivity contribution >= 4 is 11.5 Å². The SMILES string of the molecule is CCOC(=O)c1cccc(C2CC(c3cc(C(F)(F)F)ccc3OCc3ccc(OC)cc3)=CC=C2C)c1. The number of hydrogen-bond acceptors (Lipinski definition) is 4. The van der Waals surface area contributed by atoms with Gasteiger partial charge in [0.05, 0.1) is 24.8 Å². The highest BCUT2D eigenvalue weighted by Gasteiger charge is 2.32. The molecule has 1 aliphatic carbocycles. The molecule has 0 saturated heterocycles. The highest BCUT2D eigenvalue weighted by molar-refractivity contribution is 5.89. The Hall–Kier alpha value is -4.00. The molecule has 0 amide bonds. The van der Waals surface area contributed by atoms with Crippen LogP contribution in [0.5, 0.6) is 11.5 Å². The van der Waals surface area contributed by atoms with Crippen LogP contribution in [0.2, 0.25) is 0 Å². The summed E-state index contributed by atoms with van der Waals surface area (Å²) in [6, 6.07) is 18.1. The zero-order chi connectivity index (χ0) is 27.3. The van der Waals surface area contributed by atoms with Crippen LogP contribution < -0.4 is 9.47 Å². The van der Waals surface area contributed by atoms with Crippen LogP contribution in [0.15, 0.2) is 84.5 Å². The van der Waals surface area contributed by atoms with Crippen LogP contribution in [0.4, 0.5) is 13.2 Å². The fourth-order valence-electron chi connectivity index (χ4n) is 4.44. The highest BCUT2D eigenvalue weighted by Crippen LogP contribution is 2.43. The molecule has 1 aliphatic rings. The molecule has 0 radical (unpaired) electrons. The van der Waals surface area contributed by atoms with Crippen molar-refractivity contribution in [3.63, 3.8) is 0 Å². The predicted molar refractivity (Wildman–Crippen MR) is 140 cm³/mol. The maximum atomic E-state index is 13.6. The van der Waals surface area contributed by atoms with Gasteiger partial charge in [-0.2, -0.15) is 13.2 Å². The molecule has 198 valence electrons. The van der Waals surface area contributed by atoms with E-state index in [1.54, 1.807) is 44.4 Å². The van der Waals surface area contributed by atoms with E-state index in [1.165, 1.54) is 6.07 Å². The van der Waals surface area contributed by atoms with Gasteiger partial charge in [0.2, 0.25) is 0 Å². The molecular formula is C31H29F3O4. The second-order valence-corrected chi connectivity index (χ2v) is 9.05. The quantitative estimate of drug-likeness (QED) is 0.281. The molecule has 0 saturated carbocycles. The lowest BCUT2D eigenvalue weighted by atomic mass is 9.80. The number of ether oxygens (including phenoxy) is 3. The van der Waals surface area contributed by atoms with E-state index in [2.05, 4.69) is 0 Å². The number of halogens is 3. The zero-order valence-corrected chi connectivity index (χ0v) is 21.5. The molecular weight excluding hydrogens is 493 g/mol. The monoisotopic (exact) mass is 522 g/mol. The minimum Gasteiger partial charge on any atom is -0.497 e. The summed E-state index contributed by atoms with van der Waals surface area (Å²) in [6.07, 6.45) is -0.281. The van der Waals surface area contributed by atoms with Gasteiger partial charge in [-0.1, -0.05) is 42.0 Å². The van der Waals surface area contributed by atoms with Gasteiger partial charge in [-0.15, -0.1) is 0 Å². The van der Waals surface area contributed by atoms with Crippen molar-refractivity contribution < 1.29 is 32.2 Å². The molecule has 0 N–H and O–H groups in total. The normalized spacial score (nSPS) is 15.4. The molecule has 3 aromatic rings. The maximum absolute atomic E-state index is 13.6. The first kappa shape index (κ1) is 27.0. The number of esters is 1. The zero-order valence-electron chi connectivity index (χ0n) is 21.5. The Bertz CT molecular complexity index is 1350. The third kappa shape index (κ3) is 6.28. The minimum absolute atomic E-state index is 0.117. The van der Waals surface area contributed by atoms with Crippen molar-refractivity contribution in [2.45, 2.75) is 39.0 Å². The van der Waals surface area contributed by atoms with Gasteiger partial charge in [0, 0.05) is 11.5 Å². The number of allylic oxidation sites excluding steroid dienone is 4. The summed E-state index contributed by atoms with van der Waals surface area (Å²) in [5.74, 6) is 0.548. The Kier molecular flexibility index (Phi) is 8.25. The van der Waals surface area contributed by atoms with Gasteiger partial charge < -0.3 is 14.2 Å². The molecule has 7 heteroatoms. The second-order valence-electron chi connectivity index (χ2n) is 9.05. The Labute approximate surface area is 220 Å². The van der Waals surface area contributed by atoms with E-state index >= 15 is 0 Å². The van der Waals surface area contributed by atoms with E-state index in [0.717, 1.165) is 34.4 Å². The molecule has 0 bridgehead atoms. The van der Waals surface area contributed by atoms with Crippen molar-refractivity contribution in [3.05, 3.63) is 112 Å². The van der Waals surface area contributed by atoms with E-state index in [-0.39, 0.29) is 19.1 Å². The molecule has 0 aromatic heterocycles. The molecule has 0 heterocycles. The van der Waals surface area contributed by atoms with Crippen molar-refractivity contribution in [3.8, 4) is 11.5 Å². The minimum atomic E-state index is -4.49. The van der Waals surface area contributed by atoms with Gasteiger partial charge >= 0.3 is 12.1 Å². The smallest absolute Gasteiger partial charge is 0.416 e. The fourth-order valence-corrected chi connectivity index (χ4v) is 4.44. The maximum Gasteiger partial charge on any atom is 0.416 e. The lowest BCUT2D eigenvalue weighted by Gasteiger charge is -2.26. The van der Waals surface area contributed by atoms with Gasteiger partial charge in [0.1, 0.15) is 18.1 Å². The number of benzene rings is 3. The summed E-state index contributed by atoms with van der Waals surface area (Å²) in [6.45, 7) is 4.18. The fraction of sp³-hybridized carbons (Fsp3) is 0.258. The van der Waals surface area contributed by atoms with Crippen molar-refractivity contribution in [1.82, 2.24) is 0 Å². The first-order chi connectivity index (χ1) is 18.2. The van der Waals surface area contributed by atoms with Gasteiger partial charge in [0.15, 0.2) is 0 Å². The van der Waals surface area contributed by atoms with E-state index in [4.69, 9.17) is 14.2 Å². The summed E-state index contributed by atoms with van der Waals surface area (Å²) < 4.78 is 57.3. The van der Waals surface area contributed by atoms with Crippen LogP contribution >= 0.6 is 0 Å². The Morgan fingerprint density at radius 3 is 2.45 bits per heavy atom. The van der Waals surface area contributed by atoms with Gasteiger partial charge in [-0.3, -0.25) is 0 Å². The number of rotatable bonds is 8. The summed E-state index contributed by atoms with van der Waals surface area (Å²) in [5, 5.41) is 0. The molecule has 3 aromatic carbocycles. The molecule has 38 heavy (non-hydrogen) atoms. The summed E-state index contributed by atoms with van der Waals surface area (Å²) in [5.41, 5.74) is 3.61. The van der Waals surface area contributed by atoms with E-state index in [9.17, 15) is 18.0 Å². The number of carbonyl (C=O) groups is 1. The molecule has 4 nitrogen and oxygen atoms in total. The standard InChI is InChI=1S/C31H29F3O4/c1-4-37-30(35)24-7-5-6-22(16-24)27-17-23(11-8-20(27)2)28-18-25(31(32,33)34)12-15-29(28)38-19-21-9-13-26(36-3)14-10-21/h5-16,18,27H,4,17,19H2,1-3H3. The van der Waals surface area contributed by atoms with Crippen molar-refractivity contribution in [1.29, 1.82) is 0 Å². The van der Waals surface area contributed by atoms with Crippen LogP contribution in [-0.2, 0) is 17.5 Å². The predicted octanol–water partition coefficient (Wildman–Crippen LogP) is 7.99. The average Bonchev–Trinajstić information content (AvgIpc) is 2.92. The van der Waals surface area contributed by atoms with Gasteiger partial charge in [-0.25, -0.2) is 4.79 Å². The molecule has 4 rings (SSSR count). The number of alkyl halides is 3. The van der Waals surface area contributed by atoms with Crippen LogP contribution in [0.1, 0.15) is 58.8 Å². The second kappa shape index (κ2) is 11.6. The van der Waals surface area contributed by atoms with Crippen LogP contribution in [-0.4, -0.2) is 19.7 Å². The number of hydrogen-bond donors (Lipinski definition) is 0. The van der Waals surface area contributed by atoms with E-state index in [0.29, 0.717) is 29.0 Å². The van der Waals surface area contributed by atoms with Crippen molar-refractivity contribution in [2.24, 2.45) is 0 Å². The molecule has 0 fully saturated rings. The first-order valence-corrected chi connectivity index (χ1v) is 12.3. The molecule has 0 spiro atoms. The first-order valence-electron chi connectivity index (χ1n) is 12.3. The average molecular weight is 523 g/mol. The highest BCUT2D eigenvalue weighted by atomic mass is 19.4. The topological polar surface area (TPSA) is 44.8 Å². The number of methoxy groups -OCH3 is 1. The molecule has 1 unspecified atom stereocenters. The summed E-state index contributed by atoms with van der Waals surface area (Å²) >= 11 is 0. The lowest BCUT2D eigenvalue weighted by molar-refractivity contribution is -0.137. The molecule has 0 aliphatic heterocycles. The Morgan fingerprint density at radius 2 is 1.76 bits per heavy atom. The third-order valence-corrected chi connectivity index (χ3v) is 6.53. The van der Waals surface area contributed by atoms with Crippen LogP contribution in [0.25, 0.3) is 5.57 Å². The largest absolute Gasteiger partial charge is 0.497 e. The Morgan fingerprint density at radius 1 is 1.00 bits per heavy atom. The summed E-state index contributed by atoms with van der Waals surface area (Å²) in [7, 11) is 1.58. The van der Waals surface area contributed by atoms with Gasteiger partial charge in [0.25, 0.3) is 0 Å². The summed E-state index contributed by atoms with van der Waals surface area (Å²) in [4.78, 5) is 12.3. The molecule has 1 atom stereocenters. The van der Waals surface area contributed by atoms with Gasteiger partial charge in [-0.05, 0) is 79.4 Å². The van der Waals surface area contributed by atoms with E-state index in [1.807, 2.05) is 37.3 Å². The van der Waals surface area contributed by atoms with Crippen molar-refractivity contribution in [2.75, 3.05) is 13.7 Å². The van der Waals surface area contributed by atoms with Crippen LogP contribution in [0.3, 0.4) is 0 Å². The lowest BCUT2D eigenvalue weighted by Crippen LogP contribution is -2.11. The third-order valence-electron chi connectivity index (χ3n) is 6.53. The Balaban J connectivity index is 1.65. The van der Waals surface area contributed by atoms with E-state index < -0.39 is 17.7 Å².